The monoisotopic (exact) mass is 247 g/mol. The number of rotatable bonds is 2. The molecule has 1 saturated heterocycles. The molecule has 1 spiro atoms. The number of nitrogens with zero attached hydrogens (tertiary/aromatic N) is 2. The lowest BCUT2D eigenvalue weighted by molar-refractivity contribution is -0.142. The number of imide groups is 1. The van der Waals surface area contributed by atoms with Gasteiger partial charge >= 0.3 is 0 Å². The van der Waals surface area contributed by atoms with Gasteiger partial charge in [0, 0.05) is 17.7 Å². The van der Waals surface area contributed by atoms with E-state index in [2.05, 4.69) is 10.2 Å². The molecule has 0 unspecified atom stereocenters. The number of aromatic amines is 1. The van der Waals surface area contributed by atoms with E-state index < -0.39 is 0 Å². The summed E-state index contributed by atoms with van der Waals surface area (Å²) < 4.78 is 0. The van der Waals surface area contributed by atoms with Gasteiger partial charge in [-0.2, -0.15) is 5.10 Å². The van der Waals surface area contributed by atoms with E-state index >= 15 is 0 Å². The summed E-state index contributed by atoms with van der Waals surface area (Å²) in [6, 6.07) is 0. The summed E-state index contributed by atoms with van der Waals surface area (Å²) in [5.41, 5.74) is 1.48. The van der Waals surface area contributed by atoms with Gasteiger partial charge in [-0.1, -0.05) is 12.8 Å². The van der Waals surface area contributed by atoms with Gasteiger partial charge < -0.3 is 0 Å². The number of amides is 2. The van der Waals surface area contributed by atoms with E-state index in [4.69, 9.17) is 0 Å². The molecule has 18 heavy (non-hydrogen) atoms. The van der Waals surface area contributed by atoms with Gasteiger partial charge in [0.05, 0.1) is 18.2 Å². The van der Waals surface area contributed by atoms with Gasteiger partial charge in [0.25, 0.3) is 0 Å². The van der Waals surface area contributed by atoms with Crippen LogP contribution in [-0.4, -0.2) is 26.9 Å². The number of likely N-dealkylation sites (tertiary alicyclic amines) is 1. The molecule has 1 saturated carbocycles. The van der Waals surface area contributed by atoms with Crippen LogP contribution in [0, 0.1) is 12.3 Å². The third kappa shape index (κ3) is 1.57. The Bertz CT molecular complexity index is 500. The molecule has 1 aliphatic heterocycles. The summed E-state index contributed by atoms with van der Waals surface area (Å²) in [5.74, 6) is 0.00750. The predicted molar refractivity (Wildman–Crippen MR) is 64.4 cm³/mol. The average molecular weight is 247 g/mol. The van der Waals surface area contributed by atoms with Gasteiger partial charge in [-0.05, 0) is 19.8 Å². The molecule has 0 bridgehead atoms. The third-order valence-corrected chi connectivity index (χ3v) is 4.31. The lowest BCUT2D eigenvalue weighted by Crippen LogP contribution is -2.34. The minimum Gasteiger partial charge on any atom is -0.283 e. The van der Waals surface area contributed by atoms with Crippen LogP contribution in [0.4, 0.5) is 0 Å². The van der Waals surface area contributed by atoms with Gasteiger partial charge in [0.15, 0.2) is 0 Å². The highest BCUT2D eigenvalue weighted by Crippen LogP contribution is 2.47. The molecular weight excluding hydrogens is 230 g/mol. The van der Waals surface area contributed by atoms with Gasteiger partial charge in [0.2, 0.25) is 11.8 Å². The molecule has 5 nitrogen and oxygen atoms in total. The fourth-order valence-corrected chi connectivity index (χ4v) is 3.17. The second-order valence-electron chi connectivity index (χ2n) is 5.47. The summed E-state index contributed by atoms with van der Waals surface area (Å²) >= 11 is 0. The molecule has 5 heteroatoms. The van der Waals surface area contributed by atoms with Crippen molar-refractivity contribution in [3.63, 3.8) is 0 Å². The van der Waals surface area contributed by atoms with Crippen molar-refractivity contribution in [1.82, 2.24) is 15.1 Å². The zero-order valence-electron chi connectivity index (χ0n) is 10.5. The smallest absolute Gasteiger partial charge is 0.236 e. The lowest BCUT2D eigenvalue weighted by atomic mass is 9.84. The molecule has 2 fully saturated rings. The Hall–Kier alpha value is -1.65. The van der Waals surface area contributed by atoms with Gasteiger partial charge in [-0.15, -0.1) is 0 Å². The second kappa shape index (κ2) is 3.93. The zero-order valence-corrected chi connectivity index (χ0v) is 10.5. The fourth-order valence-electron chi connectivity index (χ4n) is 3.17. The Morgan fingerprint density at radius 2 is 2.11 bits per heavy atom. The Kier molecular flexibility index (Phi) is 2.50. The summed E-state index contributed by atoms with van der Waals surface area (Å²) in [4.78, 5) is 25.9. The first kappa shape index (κ1) is 11.4. The first-order valence-corrected chi connectivity index (χ1v) is 6.46. The molecule has 1 aromatic heterocycles. The van der Waals surface area contributed by atoms with Crippen molar-refractivity contribution < 1.29 is 9.59 Å². The highest BCUT2D eigenvalue weighted by Gasteiger charge is 2.52. The van der Waals surface area contributed by atoms with Crippen molar-refractivity contribution in [2.75, 3.05) is 0 Å². The van der Waals surface area contributed by atoms with E-state index in [1.165, 1.54) is 4.90 Å². The molecule has 2 heterocycles. The topological polar surface area (TPSA) is 66.1 Å². The van der Waals surface area contributed by atoms with Crippen LogP contribution >= 0.6 is 0 Å². The van der Waals surface area contributed by atoms with Gasteiger partial charge in [-0.3, -0.25) is 19.6 Å². The van der Waals surface area contributed by atoms with Crippen LogP contribution < -0.4 is 0 Å². The summed E-state index contributed by atoms with van der Waals surface area (Å²) in [6.07, 6.45) is 5.98. The number of aromatic nitrogens is 2. The number of carbonyl (C=O) groups excluding carboxylic acids is 2. The van der Waals surface area contributed by atoms with Crippen LogP contribution in [0.2, 0.25) is 0 Å². The van der Waals surface area contributed by atoms with Crippen LogP contribution in [0.1, 0.15) is 43.4 Å². The molecule has 2 amide bonds. The van der Waals surface area contributed by atoms with Crippen molar-refractivity contribution in [1.29, 1.82) is 0 Å². The maximum atomic E-state index is 12.5. The van der Waals surface area contributed by atoms with Crippen LogP contribution in [0.3, 0.4) is 0 Å². The van der Waals surface area contributed by atoms with Gasteiger partial charge in [0.1, 0.15) is 0 Å². The first-order chi connectivity index (χ1) is 8.62. The molecule has 3 rings (SSSR count). The van der Waals surface area contributed by atoms with Crippen LogP contribution in [0.5, 0.6) is 0 Å². The molecule has 1 aromatic rings. The molecule has 0 aromatic carbocycles. The number of hydrogen-bond donors (Lipinski definition) is 1. The summed E-state index contributed by atoms with van der Waals surface area (Å²) in [6.45, 7) is 2.26. The van der Waals surface area contributed by atoms with E-state index in [1.807, 2.05) is 6.92 Å². The molecular formula is C13H17N3O2. The summed E-state index contributed by atoms with van der Waals surface area (Å²) in [5, 5.41) is 6.76. The van der Waals surface area contributed by atoms with E-state index in [0.29, 0.717) is 13.0 Å². The summed E-state index contributed by atoms with van der Waals surface area (Å²) in [7, 11) is 0. The Morgan fingerprint density at radius 1 is 1.39 bits per heavy atom. The maximum absolute atomic E-state index is 12.5. The third-order valence-electron chi connectivity index (χ3n) is 4.31. The van der Waals surface area contributed by atoms with E-state index in [9.17, 15) is 9.59 Å². The molecule has 1 N–H and O–H groups in total. The average Bonchev–Trinajstić information content (AvgIpc) is 3.00. The number of hydrogen-bond acceptors (Lipinski definition) is 3. The van der Waals surface area contributed by atoms with E-state index in [1.54, 1.807) is 6.20 Å². The zero-order chi connectivity index (χ0) is 12.8. The van der Waals surface area contributed by atoms with Crippen molar-refractivity contribution >= 4 is 11.8 Å². The minimum absolute atomic E-state index is 0.0255. The molecule has 1 aliphatic carbocycles. The maximum Gasteiger partial charge on any atom is 0.236 e. The quantitative estimate of drug-likeness (QED) is 0.806. The van der Waals surface area contributed by atoms with Crippen molar-refractivity contribution in [2.24, 2.45) is 5.41 Å². The fraction of sp³-hybridized carbons (Fsp3) is 0.615. The van der Waals surface area contributed by atoms with E-state index in [0.717, 1.165) is 36.9 Å². The van der Waals surface area contributed by atoms with Crippen LogP contribution in [0.15, 0.2) is 6.20 Å². The predicted octanol–water partition coefficient (Wildman–Crippen LogP) is 1.54. The number of nitrogens with one attached hydrogen (secondary N) is 1. The second-order valence-corrected chi connectivity index (χ2v) is 5.47. The Labute approximate surface area is 106 Å². The molecule has 96 valence electrons. The highest BCUT2D eigenvalue weighted by atomic mass is 16.2. The normalized spacial score (nSPS) is 22.4. The number of H-pyrrole nitrogens is 1. The largest absolute Gasteiger partial charge is 0.283 e. The first-order valence-electron chi connectivity index (χ1n) is 6.46. The number of carbonyl (C=O) groups is 2. The molecule has 0 radical (unpaired) electrons. The Balaban J connectivity index is 1.83. The SMILES string of the molecule is Cc1[nH]ncc1CN1C(=O)CC2(CCCC2)C1=O. The molecule has 2 aliphatic rings. The van der Waals surface area contributed by atoms with Crippen molar-refractivity contribution in [3.05, 3.63) is 17.5 Å². The highest BCUT2D eigenvalue weighted by molar-refractivity contribution is 6.05. The van der Waals surface area contributed by atoms with Crippen LogP contribution in [0.25, 0.3) is 0 Å². The van der Waals surface area contributed by atoms with Gasteiger partial charge in [-0.25, -0.2) is 0 Å². The standard InChI is InChI=1S/C13H17N3O2/c1-9-10(7-14-15-9)8-16-11(17)6-13(12(16)18)4-2-3-5-13/h7H,2-6,8H2,1H3,(H,14,15). The lowest BCUT2D eigenvalue weighted by Gasteiger charge is -2.20. The minimum atomic E-state index is -0.366. The Morgan fingerprint density at radius 3 is 2.72 bits per heavy atom. The van der Waals surface area contributed by atoms with Crippen molar-refractivity contribution in [3.8, 4) is 0 Å². The van der Waals surface area contributed by atoms with Crippen molar-refractivity contribution in [2.45, 2.75) is 45.6 Å². The van der Waals surface area contributed by atoms with E-state index in [-0.39, 0.29) is 17.2 Å². The molecule has 0 atom stereocenters. The number of aryl methyl sites for hydroxylation is 1. The van der Waals surface area contributed by atoms with Crippen LogP contribution in [-0.2, 0) is 16.1 Å².